The lowest BCUT2D eigenvalue weighted by Crippen LogP contribution is -2.25. The zero-order chi connectivity index (χ0) is 23.6. The van der Waals surface area contributed by atoms with E-state index in [-0.39, 0.29) is 27.3 Å². The maximum atomic E-state index is 12.8. The molecule has 33 heavy (non-hydrogen) atoms. The molecule has 0 unspecified atom stereocenters. The minimum Gasteiger partial charge on any atom is -0.438 e. The van der Waals surface area contributed by atoms with Crippen LogP contribution in [0, 0.1) is 18.3 Å². The summed E-state index contributed by atoms with van der Waals surface area (Å²) >= 11 is 0. The third-order valence-corrected chi connectivity index (χ3v) is 7.81. The molecule has 2 aromatic carbocycles. The molecule has 0 aliphatic heterocycles. The molecule has 1 aliphatic carbocycles. The fraction of sp³-hybridized carbons (Fsp3) is 0.182. The number of hydrogen-bond donors (Lipinski definition) is 2. The zero-order valence-corrected chi connectivity index (χ0v) is 19.2. The molecule has 9 nitrogen and oxygen atoms in total. The van der Waals surface area contributed by atoms with Crippen molar-refractivity contribution in [1.82, 2.24) is 9.71 Å². The second-order valence-electron chi connectivity index (χ2n) is 7.52. The summed E-state index contributed by atoms with van der Waals surface area (Å²) in [4.78, 5) is 3.98. The Hall–Kier alpha value is -3.46. The smallest absolute Gasteiger partial charge is 0.261 e. The summed E-state index contributed by atoms with van der Waals surface area (Å²) in [6.45, 7) is 1.70. The van der Waals surface area contributed by atoms with Gasteiger partial charge in [0.15, 0.2) is 0 Å². The van der Waals surface area contributed by atoms with Gasteiger partial charge in [-0.3, -0.25) is 4.72 Å². The van der Waals surface area contributed by atoms with Crippen molar-refractivity contribution in [3.05, 3.63) is 71.9 Å². The molecule has 1 saturated carbocycles. The number of aryl methyl sites for hydroxylation is 1. The Bertz CT molecular complexity index is 1440. The van der Waals surface area contributed by atoms with E-state index in [1.165, 1.54) is 36.5 Å². The van der Waals surface area contributed by atoms with Gasteiger partial charge in [-0.1, -0.05) is 0 Å². The van der Waals surface area contributed by atoms with Crippen LogP contribution in [0.15, 0.2) is 70.6 Å². The van der Waals surface area contributed by atoms with Crippen molar-refractivity contribution in [1.29, 1.82) is 5.26 Å². The zero-order valence-electron chi connectivity index (χ0n) is 17.5. The normalized spacial score (nSPS) is 13.8. The number of aromatic nitrogens is 1. The van der Waals surface area contributed by atoms with Crippen LogP contribution in [0.2, 0.25) is 0 Å². The van der Waals surface area contributed by atoms with Gasteiger partial charge in [-0.2, -0.15) is 5.26 Å². The molecule has 0 saturated heterocycles. The van der Waals surface area contributed by atoms with Crippen molar-refractivity contribution in [2.75, 3.05) is 4.72 Å². The Balaban J connectivity index is 1.50. The molecule has 1 aliphatic rings. The predicted octanol–water partition coefficient (Wildman–Crippen LogP) is 3.30. The van der Waals surface area contributed by atoms with Crippen LogP contribution in [0.5, 0.6) is 11.6 Å². The van der Waals surface area contributed by atoms with Crippen LogP contribution in [-0.2, 0) is 20.0 Å². The summed E-state index contributed by atoms with van der Waals surface area (Å²) in [6.07, 6.45) is 3.12. The summed E-state index contributed by atoms with van der Waals surface area (Å²) in [5.74, 6) is 0.544. The van der Waals surface area contributed by atoms with E-state index in [1.54, 1.807) is 31.2 Å². The Morgan fingerprint density at radius 3 is 2.27 bits per heavy atom. The van der Waals surface area contributed by atoms with Crippen molar-refractivity contribution >= 4 is 25.7 Å². The highest BCUT2D eigenvalue weighted by Crippen LogP contribution is 2.28. The van der Waals surface area contributed by atoms with Gasteiger partial charge in [-0.05, 0) is 79.9 Å². The van der Waals surface area contributed by atoms with Crippen LogP contribution in [0.4, 0.5) is 5.69 Å². The molecule has 0 radical (unpaired) electrons. The molecule has 170 valence electrons. The Morgan fingerprint density at radius 1 is 1.00 bits per heavy atom. The molecule has 0 atom stereocenters. The summed E-state index contributed by atoms with van der Waals surface area (Å²) in [7, 11) is -7.62. The lowest BCUT2D eigenvalue weighted by Gasteiger charge is -2.13. The van der Waals surface area contributed by atoms with Gasteiger partial charge in [0.25, 0.3) is 10.0 Å². The maximum Gasteiger partial charge on any atom is 0.261 e. The van der Waals surface area contributed by atoms with Crippen LogP contribution < -0.4 is 14.2 Å². The van der Waals surface area contributed by atoms with Crippen LogP contribution in [-0.4, -0.2) is 27.9 Å². The van der Waals surface area contributed by atoms with E-state index in [9.17, 15) is 16.8 Å². The van der Waals surface area contributed by atoms with E-state index in [4.69, 9.17) is 10.00 Å². The third kappa shape index (κ3) is 5.31. The van der Waals surface area contributed by atoms with Gasteiger partial charge in [0.05, 0.1) is 15.5 Å². The number of anilines is 1. The van der Waals surface area contributed by atoms with Crippen LogP contribution in [0.25, 0.3) is 0 Å². The minimum absolute atomic E-state index is 0.0114. The molecule has 0 bridgehead atoms. The summed E-state index contributed by atoms with van der Waals surface area (Å²) in [5, 5.41) is 9.15. The van der Waals surface area contributed by atoms with Crippen molar-refractivity contribution in [3.8, 4) is 17.7 Å². The first-order valence-corrected chi connectivity index (χ1v) is 12.9. The number of hydrogen-bond acceptors (Lipinski definition) is 7. The van der Waals surface area contributed by atoms with Crippen molar-refractivity contribution < 1.29 is 21.6 Å². The first-order chi connectivity index (χ1) is 15.7. The van der Waals surface area contributed by atoms with Gasteiger partial charge in [0.2, 0.25) is 15.9 Å². The van der Waals surface area contributed by atoms with Gasteiger partial charge in [0.1, 0.15) is 17.4 Å². The highest BCUT2D eigenvalue weighted by molar-refractivity contribution is 7.92. The Kier molecular flexibility index (Phi) is 6.07. The van der Waals surface area contributed by atoms with Crippen molar-refractivity contribution in [3.63, 3.8) is 0 Å². The number of pyridine rings is 1. The molecule has 0 amide bonds. The monoisotopic (exact) mass is 484 g/mol. The average Bonchev–Trinajstić information content (AvgIpc) is 3.59. The topological polar surface area (TPSA) is 138 Å². The first kappa shape index (κ1) is 22.7. The second-order valence-corrected chi connectivity index (χ2v) is 10.9. The lowest BCUT2D eigenvalue weighted by atomic mass is 10.2. The van der Waals surface area contributed by atoms with E-state index in [1.807, 2.05) is 6.07 Å². The molecular formula is C22H20N4O5S2. The van der Waals surface area contributed by atoms with E-state index in [0.717, 1.165) is 12.8 Å². The first-order valence-electron chi connectivity index (χ1n) is 9.97. The van der Waals surface area contributed by atoms with E-state index in [2.05, 4.69) is 14.4 Å². The molecular weight excluding hydrogens is 464 g/mol. The van der Waals surface area contributed by atoms with Gasteiger partial charge >= 0.3 is 0 Å². The number of rotatable bonds is 8. The number of sulfonamides is 2. The molecule has 1 aromatic heterocycles. The molecule has 3 aromatic rings. The molecule has 4 rings (SSSR count). The number of benzene rings is 2. The third-order valence-electron chi connectivity index (χ3n) is 4.89. The molecule has 1 heterocycles. The lowest BCUT2D eigenvalue weighted by molar-refractivity contribution is 0.461. The van der Waals surface area contributed by atoms with E-state index >= 15 is 0 Å². The standard InChI is InChI=1S/C22H20N4O5S2/c1-15-13-18(31-22-16(14-23)3-2-12-24-22)6-11-21(15)26-33(29,30)20-9-7-19(8-10-20)32(27,28)25-17-4-5-17/h2-3,6-13,17,25-26H,4-5H2,1H3. The highest BCUT2D eigenvalue weighted by atomic mass is 32.2. The predicted molar refractivity (Wildman–Crippen MR) is 121 cm³/mol. The molecule has 1 fully saturated rings. The number of nitrogens with one attached hydrogen (secondary N) is 2. The van der Waals surface area contributed by atoms with Crippen molar-refractivity contribution in [2.24, 2.45) is 0 Å². The highest BCUT2D eigenvalue weighted by Gasteiger charge is 2.28. The van der Waals surface area contributed by atoms with Crippen LogP contribution >= 0.6 is 0 Å². The SMILES string of the molecule is Cc1cc(Oc2ncccc2C#N)ccc1NS(=O)(=O)c1ccc(S(=O)(=O)NC2CC2)cc1. The summed E-state index contributed by atoms with van der Waals surface area (Å²) in [6, 6.07) is 14.9. The number of nitrogens with zero attached hydrogens (tertiary/aromatic N) is 2. The fourth-order valence-corrected chi connectivity index (χ4v) is 5.41. The van der Waals surface area contributed by atoms with Crippen LogP contribution in [0.3, 0.4) is 0 Å². The van der Waals surface area contributed by atoms with Gasteiger partial charge < -0.3 is 4.74 Å². The van der Waals surface area contributed by atoms with Gasteiger partial charge in [-0.15, -0.1) is 0 Å². The van der Waals surface area contributed by atoms with Crippen molar-refractivity contribution in [2.45, 2.75) is 35.6 Å². The van der Waals surface area contributed by atoms with Gasteiger partial charge in [0, 0.05) is 12.2 Å². The number of nitriles is 1. The quantitative estimate of drug-likeness (QED) is 0.500. The summed E-state index contributed by atoms with van der Waals surface area (Å²) < 4.78 is 60.9. The largest absolute Gasteiger partial charge is 0.438 e. The van der Waals surface area contributed by atoms with Crippen LogP contribution in [0.1, 0.15) is 24.0 Å². The Labute approximate surface area is 192 Å². The molecule has 0 spiro atoms. The Morgan fingerprint density at radius 2 is 1.67 bits per heavy atom. The van der Waals surface area contributed by atoms with E-state index in [0.29, 0.717) is 17.0 Å². The summed E-state index contributed by atoms with van der Waals surface area (Å²) in [5.41, 5.74) is 1.19. The maximum absolute atomic E-state index is 12.8. The fourth-order valence-electron chi connectivity index (χ4n) is 2.97. The molecule has 2 N–H and O–H groups in total. The molecule has 11 heteroatoms. The minimum atomic E-state index is -3.95. The average molecular weight is 485 g/mol. The van der Waals surface area contributed by atoms with Gasteiger partial charge in [-0.25, -0.2) is 26.5 Å². The second kappa shape index (κ2) is 8.82. The number of ether oxygens (including phenoxy) is 1. The van der Waals surface area contributed by atoms with E-state index < -0.39 is 20.0 Å².